The van der Waals surface area contributed by atoms with Crippen molar-refractivity contribution < 1.29 is 14.3 Å². The Hall–Kier alpha value is -3.64. The third kappa shape index (κ3) is 3.77. The maximum Gasteiger partial charge on any atom is 0.256 e. The van der Waals surface area contributed by atoms with Crippen LogP contribution in [0.1, 0.15) is 10.4 Å². The van der Waals surface area contributed by atoms with Crippen LogP contribution >= 0.6 is 11.3 Å². The summed E-state index contributed by atoms with van der Waals surface area (Å²) in [7, 11) is 3.16. The molecule has 0 bridgehead atoms. The Morgan fingerprint density at radius 3 is 2.07 bits per heavy atom. The Morgan fingerprint density at radius 2 is 1.43 bits per heavy atom. The number of amides is 1. The Morgan fingerprint density at radius 1 is 0.833 bits per heavy atom. The van der Waals surface area contributed by atoms with E-state index in [2.05, 4.69) is 5.32 Å². The van der Waals surface area contributed by atoms with Crippen LogP contribution in [0.15, 0.2) is 77.6 Å². The second kappa shape index (κ2) is 8.39. The molecule has 3 aromatic carbocycles. The topological polar surface area (TPSA) is 64.6 Å². The standard InChI is InChI=1S/C24H19NO4S/c1-28-17-11-7-15(8-12-17)21-22(26)19-5-3-4-6-20(19)30-24(21)25-23(27)16-9-13-18(29-2)14-10-16/h3-14H,1-2H3,(H,25,27). The maximum absolute atomic E-state index is 13.3. The third-order valence-corrected chi connectivity index (χ3v) is 5.84. The minimum Gasteiger partial charge on any atom is -0.497 e. The van der Waals surface area contributed by atoms with Gasteiger partial charge in [0.2, 0.25) is 0 Å². The first kappa shape index (κ1) is 19.7. The van der Waals surface area contributed by atoms with Gasteiger partial charge in [0.25, 0.3) is 5.91 Å². The summed E-state index contributed by atoms with van der Waals surface area (Å²) in [5, 5.41) is 4.06. The minimum atomic E-state index is -0.293. The van der Waals surface area contributed by atoms with Gasteiger partial charge in [-0.25, -0.2) is 0 Å². The summed E-state index contributed by atoms with van der Waals surface area (Å²) in [6, 6.07) is 21.4. The van der Waals surface area contributed by atoms with Gasteiger partial charge in [0, 0.05) is 15.6 Å². The van der Waals surface area contributed by atoms with Gasteiger partial charge >= 0.3 is 0 Å². The molecule has 5 nitrogen and oxygen atoms in total. The first-order valence-electron chi connectivity index (χ1n) is 9.26. The molecule has 1 amide bonds. The molecule has 1 aromatic heterocycles. The van der Waals surface area contributed by atoms with Crippen LogP contribution < -0.4 is 20.2 Å². The van der Waals surface area contributed by atoms with Gasteiger partial charge in [-0.3, -0.25) is 9.59 Å². The monoisotopic (exact) mass is 417 g/mol. The van der Waals surface area contributed by atoms with E-state index in [4.69, 9.17) is 9.47 Å². The number of nitrogens with one attached hydrogen (secondary N) is 1. The molecule has 6 heteroatoms. The molecular formula is C24H19NO4S. The van der Waals surface area contributed by atoms with Crippen molar-refractivity contribution >= 4 is 32.3 Å². The van der Waals surface area contributed by atoms with E-state index in [9.17, 15) is 9.59 Å². The van der Waals surface area contributed by atoms with Gasteiger partial charge in [-0.2, -0.15) is 0 Å². The first-order valence-corrected chi connectivity index (χ1v) is 10.1. The van der Waals surface area contributed by atoms with Crippen molar-refractivity contribution in [3.63, 3.8) is 0 Å². The molecule has 1 N–H and O–H groups in total. The summed E-state index contributed by atoms with van der Waals surface area (Å²) < 4.78 is 11.2. The molecule has 30 heavy (non-hydrogen) atoms. The van der Waals surface area contributed by atoms with Gasteiger partial charge < -0.3 is 14.8 Å². The van der Waals surface area contributed by atoms with Crippen molar-refractivity contribution in [3.8, 4) is 22.6 Å². The van der Waals surface area contributed by atoms with Gasteiger partial charge in [-0.15, -0.1) is 11.3 Å². The average molecular weight is 417 g/mol. The van der Waals surface area contributed by atoms with Crippen LogP contribution in [-0.2, 0) is 0 Å². The molecule has 0 unspecified atom stereocenters. The van der Waals surface area contributed by atoms with Crippen molar-refractivity contribution in [3.05, 3.63) is 88.6 Å². The molecule has 0 aliphatic carbocycles. The Balaban J connectivity index is 1.82. The number of methoxy groups -OCH3 is 2. The van der Waals surface area contributed by atoms with E-state index in [-0.39, 0.29) is 11.3 Å². The van der Waals surface area contributed by atoms with E-state index in [0.29, 0.717) is 38.6 Å². The van der Waals surface area contributed by atoms with E-state index in [0.717, 1.165) is 4.70 Å². The van der Waals surface area contributed by atoms with E-state index < -0.39 is 0 Å². The molecule has 0 fully saturated rings. The number of benzene rings is 3. The van der Waals surface area contributed by atoms with Crippen molar-refractivity contribution in [1.29, 1.82) is 0 Å². The number of ether oxygens (including phenoxy) is 2. The molecule has 150 valence electrons. The highest BCUT2D eigenvalue weighted by Gasteiger charge is 2.17. The number of fused-ring (bicyclic) bond motifs is 1. The van der Waals surface area contributed by atoms with E-state index in [1.807, 2.05) is 30.3 Å². The van der Waals surface area contributed by atoms with E-state index in [1.165, 1.54) is 11.3 Å². The second-order valence-corrected chi connectivity index (χ2v) is 7.59. The largest absolute Gasteiger partial charge is 0.497 e. The zero-order valence-corrected chi connectivity index (χ0v) is 17.3. The summed E-state index contributed by atoms with van der Waals surface area (Å²) in [5.74, 6) is 1.07. The van der Waals surface area contributed by atoms with Crippen molar-refractivity contribution in [2.45, 2.75) is 0 Å². The van der Waals surface area contributed by atoms with Gasteiger partial charge in [0.05, 0.1) is 19.8 Å². The lowest BCUT2D eigenvalue weighted by Gasteiger charge is -2.12. The van der Waals surface area contributed by atoms with Crippen LogP contribution in [0.4, 0.5) is 5.00 Å². The van der Waals surface area contributed by atoms with Crippen molar-refractivity contribution in [1.82, 2.24) is 0 Å². The highest BCUT2D eigenvalue weighted by Crippen LogP contribution is 2.34. The fourth-order valence-electron chi connectivity index (χ4n) is 3.17. The molecule has 0 atom stereocenters. The predicted octanol–water partition coefficient (Wildman–Crippen LogP) is 5.20. The highest BCUT2D eigenvalue weighted by atomic mass is 32.1. The predicted molar refractivity (Wildman–Crippen MR) is 121 cm³/mol. The molecule has 4 rings (SSSR count). The Bertz CT molecular complexity index is 1260. The molecule has 0 radical (unpaired) electrons. The summed E-state index contributed by atoms with van der Waals surface area (Å²) in [5.41, 5.74) is 1.53. The number of hydrogen-bond donors (Lipinski definition) is 1. The lowest BCUT2D eigenvalue weighted by molar-refractivity contribution is 0.102. The van der Waals surface area contributed by atoms with Crippen LogP contribution in [0.3, 0.4) is 0 Å². The van der Waals surface area contributed by atoms with Gasteiger partial charge in [-0.05, 0) is 54.1 Å². The van der Waals surface area contributed by atoms with Crippen LogP contribution in [0.25, 0.3) is 21.2 Å². The summed E-state index contributed by atoms with van der Waals surface area (Å²) in [6.07, 6.45) is 0. The molecule has 1 heterocycles. The van der Waals surface area contributed by atoms with Gasteiger partial charge in [0.1, 0.15) is 16.5 Å². The average Bonchev–Trinajstić information content (AvgIpc) is 2.79. The van der Waals surface area contributed by atoms with Gasteiger partial charge in [0.15, 0.2) is 5.43 Å². The molecule has 4 aromatic rings. The molecule has 0 aliphatic rings. The van der Waals surface area contributed by atoms with Crippen molar-refractivity contribution in [2.75, 3.05) is 19.5 Å². The number of carbonyl (C=O) groups excluding carboxylic acids is 1. The summed E-state index contributed by atoms with van der Waals surface area (Å²) >= 11 is 1.38. The van der Waals surface area contributed by atoms with Crippen LogP contribution in [-0.4, -0.2) is 20.1 Å². The summed E-state index contributed by atoms with van der Waals surface area (Å²) in [4.78, 5) is 26.2. The third-order valence-electron chi connectivity index (χ3n) is 4.76. The molecule has 0 saturated heterocycles. The van der Waals surface area contributed by atoms with Gasteiger partial charge in [-0.1, -0.05) is 24.3 Å². The fourth-order valence-corrected chi connectivity index (χ4v) is 4.26. The zero-order valence-electron chi connectivity index (χ0n) is 16.5. The van der Waals surface area contributed by atoms with E-state index in [1.54, 1.807) is 56.7 Å². The summed E-state index contributed by atoms with van der Waals surface area (Å²) in [6.45, 7) is 0. The molecule has 0 spiro atoms. The number of carbonyl (C=O) groups is 1. The second-order valence-electron chi connectivity index (χ2n) is 6.54. The fraction of sp³-hybridized carbons (Fsp3) is 0.0833. The smallest absolute Gasteiger partial charge is 0.256 e. The van der Waals surface area contributed by atoms with Crippen LogP contribution in [0, 0.1) is 0 Å². The number of rotatable bonds is 5. The van der Waals surface area contributed by atoms with E-state index >= 15 is 0 Å². The minimum absolute atomic E-state index is 0.125. The van der Waals surface area contributed by atoms with Crippen molar-refractivity contribution in [2.24, 2.45) is 0 Å². The quantitative estimate of drug-likeness (QED) is 0.485. The SMILES string of the molecule is COc1ccc(C(=O)Nc2sc3ccccc3c(=O)c2-c2ccc(OC)cc2)cc1. The normalized spacial score (nSPS) is 10.6. The molecular weight excluding hydrogens is 398 g/mol. The lowest BCUT2D eigenvalue weighted by Crippen LogP contribution is -2.15. The van der Waals surface area contributed by atoms with Crippen LogP contribution in [0.5, 0.6) is 11.5 Å². The Kier molecular flexibility index (Phi) is 5.50. The van der Waals surface area contributed by atoms with Crippen LogP contribution in [0.2, 0.25) is 0 Å². The number of anilines is 1. The molecule has 0 saturated carbocycles. The highest BCUT2D eigenvalue weighted by molar-refractivity contribution is 7.22. The zero-order chi connectivity index (χ0) is 21.1. The molecule has 0 aliphatic heterocycles. The maximum atomic E-state index is 13.3. The number of hydrogen-bond acceptors (Lipinski definition) is 5. The Labute approximate surface area is 177 Å². The first-order chi connectivity index (χ1) is 14.6. The lowest BCUT2D eigenvalue weighted by atomic mass is 10.1.